The Morgan fingerprint density at radius 1 is 1.00 bits per heavy atom. The molecule has 4 heteroatoms. The Hall–Kier alpha value is -1.74. The van der Waals surface area contributed by atoms with Gasteiger partial charge in [-0.2, -0.15) is 0 Å². The molecule has 0 aliphatic heterocycles. The summed E-state index contributed by atoms with van der Waals surface area (Å²) in [6.45, 7) is 0. The number of benzene rings is 1. The van der Waals surface area contributed by atoms with Gasteiger partial charge in [-0.3, -0.25) is 0 Å². The summed E-state index contributed by atoms with van der Waals surface area (Å²) < 4.78 is 0. The normalized spacial score (nSPS) is 10.7. The molecule has 1 aromatic heterocycles. The van der Waals surface area contributed by atoms with E-state index < -0.39 is 0 Å². The first kappa shape index (κ1) is 9.80. The van der Waals surface area contributed by atoms with E-state index in [4.69, 9.17) is 11.6 Å². The predicted molar refractivity (Wildman–Crippen MR) is 59.9 cm³/mol. The summed E-state index contributed by atoms with van der Waals surface area (Å²) in [6, 6.07) is 12.7. The standard InChI is InChI=1S/C11H8ClN3/c12-9-4-3-5-10(8-9)14-15-11-6-1-2-7-13-11/h1-8H. The predicted octanol–water partition coefficient (Wildman–Crippen LogP) is 4.15. The Labute approximate surface area is 92.5 Å². The third-order valence-electron chi connectivity index (χ3n) is 1.73. The lowest BCUT2D eigenvalue weighted by molar-refractivity contribution is 1.15. The quantitative estimate of drug-likeness (QED) is 0.697. The van der Waals surface area contributed by atoms with E-state index in [1.807, 2.05) is 24.3 Å². The number of hydrogen-bond donors (Lipinski definition) is 0. The molecule has 1 aromatic carbocycles. The third kappa shape index (κ3) is 2.86. The molecule has 0 radical (unpaired) electrons. The molecule has 0 saturated carbocycles. The lowest BCUT2D eigenvalue weighted by Crippen LogP contribution is -1.69. The van der Waals surface area contributed by atoms with Crippen molar-refractivity contribution in [2.24, 2.45) is 10.2 Å². The Balaban J connectivity index is 2.19. The summed E-state index contributed by atoms with van der Waals surface area (Å²) in [4.78, 5) is 4.02. The molecule has 2 aromatic rings. The zero-order valence-corrected chi connectivity index (χ0v) is 8.59. The van der Waals surface area contributed by atoms with E-state index in [0.717, 1.165) is 0 Å². The minimum Gasteiger partial charge on any atom is -0.236 e. The molecule has 0 aliphatic rings. The van der Waals surface area contributed by atoms with Crippen molar-refractivity contribution in [2.45, 2.75) is 0 Å². The molecular weight excluding hydrogens is 210 g/mol. The molecule has 0 unspecified atom stereocenters. The highest BCUT2D eigenvalue weighted by Gasteiger charge is 1.91. The van der Waals surface area contributed by atoms with Gasteiger partial charge < -0.3 is 0 Å². The molecule has 15 heavy (non-hydrogen) atoms. The maximum absolute atomic E-state index is 5.81. The minimum atomic E-state index is 0.581. The number of halogens is 1. The molecule has 0 saturated heterocycles. The van der Waals surface area contributed by atoms with E-state index in [1.165, 1.54) is 0 Å². The summed E-state index contributed by atoms with van der Waals surface area (Å²) >= 11 is 5.81. The van der Waals surface area contributed by atoms with E-state index in [9.17, 15) is 0 Å². The van der Waals surface area contributed by atoms with Crippen molar-refractivity contribution >= 4 is 23.1 Å². The smallest absolute Gasteiger partial charge is 0.174 e. The fourth-order valence-corrected chi connectivity index (χ4v) is 1.24. The lowest BCUT2D eigenvalue weighted by Gasteiger charge is -1.92. The van der Waals surface area contributed by atoms with Crippen molar-refractivity contribution < 1.29 is 0 Å². The van der Waals surface area contributed by atoms with Crippen LogP contribution in [0.2, 0.25) is 5.02 Å². The summed E-state index contributed by atoms with van der Waals surface area (Å²) in [5.74, 6) is 0.581. The molecule has 0 fully saturated rings. The Morgan fingerprint density at radius 3 is 2.67 bits per heavy atom. The van der Waals surface area contributed by atoms with E-state index >= 15 is 0 Å². The van der Waals surface area contributed by atoms with Crippen molar-refractivity contribution in [1.82, 2.24) is 4.98 Å². The van der Waals surface area contributed by atoms with Gasteiger partial charge in [0.15, 0.2) is 5.82 Å². The molecule has 0 bridgehead atoms. The van der Waals surface area contributed by atoms with E-state index in [-0.39, 0.29) is 0 Å². The van der Waals surface area contributed by atoms with Crippen LogP contribution in [0.5, 0.6) is 0 Å². The largest absolute Gasteiger partial charge is 0.236 e. The highest BCUT2D eigenvalue weighted by atomic mass is 35.5. The molecule has 0 amide bonds. The van der Waals surface area contributed by atoms with Gasteiger partial charge >= 0.3 is 0 Å². The van der Waals surface area contributed by atoms with Crippen molar-refractivity contribution in [3.05, 3.63) is 53.7 Å². The van der Waals surface area contributed by atoms with Crippen LogP contribution in [0, 0.1) is 0 Å². The van der Waals surface area contributed by atoms with Gasteiger partial charge in [0.05, 0.1) is 5.69 Å². The molecular formula is C11H8ClN3. The van der Waals surface area contributed by atoms with Gasteiger partial charge in [-0.1, -0.05) is 23.7 Å². The second kappa shape index (κ2) is 4.66. The number of pyridine rings is 1. The number of nitrogens with zero attached hydrogens (tertiary/aromatic N) is 3. The SMILES string of the molecule is Clc1cccc(N=Nc2ccccn2)c1. The molecule has 0 aliphatic carbocycles. The first-order valence-corrected chi connectivity index (χ1v) is 4.81. The highest BCUT2D eigenvalue weighted by molar-refractivity contribution is 6.30. The van der Waals surface area contributed by atoms with E-state index in [0.29, 0.717) is 16.5 Å². The molecule has 3 nitrogen and oxygen atoms in total. The van der Waals surface area contributed by atoms with Gasteiger partial charge in [0.1, 0.15) is 0 Å². The number of azo groups is 1. The maximum atomic E-state index is 5.81. The summed E-state index contributed by atoms with van der Waals surface area (Å²) in [6.07, 6.45) is 1.67. The average molecular weight is 218 g/mol. The first-order valence-electron chi connectivity index (χ1n) is 4.43. The number of hydrogen-bond acceptors (Lipinski definition) is 3. The topological polar surface area (TPSA) is 37.6 Å². The van der Waals surface area contributed by atoms with Gasteiger partial charge in [0.25, 0.3) is 0 Å². The van der Waals surface area contributed by atoms with Crippen LogP contribution in [-0.2, 0) is 0 Å². The highest BCUT2D eigenvalue weighted by Crippen LogP contribution is 2.19. The van der Waals surface area contributed by atoms with Gasteiger partial charge in [0, 0.05) is 11.2 Å². The second-order valence-electron chi connectivity index (χ2n) is 2.87. The van der Waals surface area contributed by atoms with Gasteiger partial charge in [-0.25, -0.2) is 4.98 Å². The van der Waals surface area contributed by atoms with Crippen molar-refractivity contribution in [3.63, 3.8) is 0 Å². The molecule has 0 N–H and O–H groups in total. The van der Waals surface area contributed by atoms with Crippen LogP contribution in [0.15, 0.2) is 58.9 Å². The van der Waals surface area contributed by atoms with Crippen LogP contribution in [0.25, 0.3) is 0 Å². The van der Waals surface area contributed by atoms with Crippen LogP contribution >= 0.6 is 11.6 Å². The van der Waals surface area contributed by atoms with Crippen molar-refractivity contribution in [2.75, 3.05) is 0 Å². The van der Waals surface area contributed by atoms with Gasteiger partial charge in [-0.05, 0) is 30.3 Å². The van der Waals surface area contributed by atoms with Crippen LogP contribution in [-0.4, -0.2) is 4.98 Å². The van der Waals surface area contributed by atoms with Crippen molar-refractivity contribution in [1.29, 1.82) is 0 Å². The zero-order valence-electron chi connectivity index (χ0n) is 7.84. The molecule has 1 heterocycles. The van der Waals surface area contributed by atoms with Crippen LogP contribution < -0.4 is 0 Å². The zero-order chi connectivity index (χ0) is 10.5. The number of aromatic nitrogens is 1. The monoisotopic (exact) mass is 217 g/mol. The maximum Gasteiger partial charge on any atom is 0.174 e. The van der Waals surface area contributed by atoms with E-state index in [2.05, 4.69) is 15.2 Å². The molecule has 74 valence electrons. The summed E-state index contributed by atoms with van der Waals surface area (Å²) in [7, 11) is 0. The van der Waals surface area contributed by atoms with Crippen LogP contribution in [0.4, 0.5) is 11.5 Å². The third-order valence-corrected chi connectivity index (χ3v) is 1.96. The van der Waals surface area contributed by atoms with E-state index in [1.54, 1.807) is 24.4 Å². The Kier molecular flexibility index (Phi) is 3.05. The fraction of sp³-hybridized carbons (Fsp3) is 0. The minimum absolute atomic E-state index is 0.581. The lowest BCUT2D eigenvalue weighted by atomic mass is 10.3. The Morgan fingerprint density at radius 2 is 1.93 bits per heavy atom. The summed E-state index contributed by atoms with van der Waals surface area (Å²) in [5.41, 5.74) is 0.716. The molecule has 2 rings (SSSR count). The summed E-state index contributed by atoms with van der Waals surface area (Å²) in [5, 5.41) is 8.63. The van der Waals surface area contributed by atoms with Gasteiger partial charge in [-0.15, -0.1) is 10.2 Å². The second-order valence-corrected chi connectivity index (χ2v) is 3.30. The number of rotatable bonds is 2. The van der Waals surface area contributed by atoms with Gasteiger partial charge in [0.2, 0.25) is 0 Å². The average Bonchev–Trinajstić information content (AvgIpc) is 2.28. The van der Waals surface area contributed by atoms with Crippen molar-refractivity contribution in [3.8, 4) is 0 Å². The van der Waals surface area contributed by atoms with Crippen LogP contribution in [0.1, 0.15) is 0 Å². The van der Waals surface area contributed by atoms with Crippen LogP contribution in [0.3, 0.4) is 0 Å². The first-order chi connectivity index (χ1) is 7.34. The Bertz CT molecular complexity index is 468. The fourth-order valence-electron chi connectivity index (χ4n) is 1.06. The molecule has 0 atom stereocenters. The molecule has 0 spiro atoms.